The van der Waals surface area contributed by atoms with E-state index in [1.807, 2.05) is 6.07 Å². The number of ketones is 1. The molecule has 3 N–H and O–H groups in total. The van der Waals surface area contributed by atoms with Crippen molar-refractivity contribution in [3.05, 3.63) is 82.2 Å². The zero-order valence-corrected chi connectivity index (χ0v) is 17.0. The molecule has 0 amide bonds. The molecule has 1 heterocycles. The Morgan fingerprint density at radius 2 is 1.84 bits per heavy atom. The van der Waals surface area contributed by atoms with Gasteiger partial charge in [-0.1, -0.05) is 65.8 Å². The van der Waals surface area contributed by atoms with E-state index in [2.05, 4.69) is 10.0 Å². The topological polar surface area (TPSA) is 145 Å². The van der Waals surface area contributed by atoms with Gasteiger partial charge in [-0.05, 0) is 23.6 Å². The van der Waals surface area contributed by atoms with Crippen LogP contribution >= 0.6 is 0 Å². The minimum absolute atomic E-state index is 0.0542. The highest BCUT2D eigenvalue weighted by atomic mass is 16.7. The molecule has 0 radical (unpaired) electrons. The number of aliphatic hydroxyl groups is 3. The number of benzene rings is 2. The SMILES string of the molecule is CCO[C@H]1O[C@H](C(=O)C(O)c2ccccc2)[C@@H](O)[C@@H](N=[N+]=[N-])[C@]1(O)Cc1ccccc1. The molecule has 1 aliphatic heterocycles. The molecule has 9 nitrogen and oxygen atoms in total. The molecule has 0 aromatic heterocycles. The van der Waals surface area contributed by atoms with E-state index in [0.29, 0.717) is 11.1 Å². The highest BCUT2D eigenvalue weighted by molar-refractivity contribution is 5.89. The smallest absolute Gasteiger partial charge is 0.197 e. The maximum absolute atomic E-state index is 13.0. The van der Waals surface area contributed by atoms with Crippen molar-refractivity contribution in [2.75, 3.05) is 6.61 Å². The highest BCUT2D eigenvalue weighted by Crippen LogP contribution is 2.37. The van der Waals surface area contributed by atoms with Crippen LogP contribution in [0.1, 0.15) is 24.2 Å². The van der Waals surface area contributed by atoms with Gasteiger partial charge in [0.15, 0.2) is 12.1 Å². The quantitative estimate of drug-likeness (QED) is 0.334. The number of hydrogen-bond donors (Lipinski definition) is 3. The van der Waals surface area contributed by atoms with Crippen LogP contribution in [0.4, 0.5) is 0 Å². The molecule has 1 aliphatic rings. The summed E-state index contributed by atoms with van der Waals surface area (Å²) in [5, 5.41) is 36.5. The standard InChI is InChI=1S/C22H25N3O6/c1-2-30-21-22(29,13-14-9-5-3-6-10-14)20(24-25-23)18(28)19(31-21)17(27)16(26)15-11-7-4-8-12-15/h3-12,16,18-21,26,28-29H,2,13H2,1H3/t16?,18-,19-,20-,21+,22-/m1/s1. The molecular formula is C22H25N3O6. The molecule has 1 unspecified atom stereocenters. The number of hydrogen-bond acceptors (Lipinski definition) is 7. The van der Waals surface area contributed by atoms with Crippen molar-refractivity contribution < 1.29 is 29.6 Å². The number of carbonyl (C=O) groups excluding carboxylic acids is 1. The summed E-state index contributed by atoms with van der Waals surface area (Å²) in [6, 6.07) is 15.6. The Morgan fingerprint density at radius 1 is 1.23 bits per heavy atom. The van der Waals surface area contributed by atoms with Crippen LogP contribution in [-0.2, 0) is 20.7 Å². The molecule has 3 rings (SSSR count). The van der Waals surface area contributed by atoms with Crippen molar-refractivity contribution in [1.82, 2.24) is 0 Å². The fraction of sp³-hybridized carbons (Fsp3) is 0.409. The minimum Gasteiger partial charge on any atom is -0.389 e. The first kappa shape index (κ1) is 22.9. The zero-order chi connectivity index (χ0) is 22.4. The van der Waals surface area contributed by atoms with Crippen LogP contribution in [-0.4, -0.2) is 57.9 Å². The van der Waals surface area contributed by atoms with Gasteiger partial charge in [-0.25, -0.2) is 0 Å². The van der Waals surface area contributed by atoms with Crippen LogP contribution < -0.4 is 0 Å². The second-order valence-corrected chi connectivity index (χ2v) is 7.35. The summed E-state index contributed by atoms with van der Waals surface area (Å²) in [5.74, 6) is -0.830. The van der Waals surface area contributed by atoms with Crippen molar-refractivity contribution in [2.45, 2.75) is 49.6 Å². The summed E-state index contributed by atoms with van der Waals surface area (Å²) in [7, 11) is 0. The summed E-state index contributed by atoms with van der Waals surface area (Å²) >= 11 is 0. The van der Waals surface area contributed by atoms with Crippen LogP contribution in [0.2, 0.25) is 0 Å². The maximum atomic E-state index is 13.0. The molecule has 0 spiro atoms. The van der Waals surface area contributed by atoms with Gasteiger partial charge in [0.1, 0.15) is 23.9 Å². The van der Waals surface area contributed by atoms with Gasteiger partial charge in [-0.15, -0.1) is 0 Å². The fourth-order valence-corrected chi connectivity index (χ4v) is 3.79. The normalized spacial score (nSPS) is 29.0. The number of azide groups is 1. The van der Waals surface area contributed by atoms with Gasteiger partial charge in [0.2, 0.25) is 0 Å². The molecule has 0 bridgehead atoms. The van der Waals surface area contributed by atoms with Gasteiger partial charge in [-0.3, -0.25) is 4.79 Å². The van der Waals surface area contributed by atoms with E-state index in [1.165, 1.54) is 0 Å². The third kappa shape index (κ3) is 4.77. The predicted molar refractivity (Wildman–Crippen MR) is 111 cm³/mol. The second-order valence-electron chi connectivity index (χ2n) is 7.35. The average Bonchev–Trinajstić information content (AvgIpc) is 2.79. The largest absolute Gasteiger partial charge is 0.389 e. The van der Waals surface area contributed by atoms with Gasteiger partial charge >= 0.3 is 0 Å². The lowest BCUT2D eigenvalue weighted by molar-refractivity contribution is -0.304. The average molecular weight is 427 g/mol. The van der Waals surface area contributed by atoms with Crippen molar-refractivity contribution in [3.8, 4) is 0 Å². The number of carbonyl (C=O) groups is 1. The summed E-state index contributed by atoms with van der Waals surface area (Å²) in [4.78, 5) is 15.7. The van der Waals surface area contributed by atoms with E-state index in [0.717, 1.165) is 0 Å². The molecule has 2 aromatic rings. The summed E-state index contributed by atoms with van der Waals surface area (Å²) in [5.41, 5.74) is 8.15. The van der Waals surface area contributed by atoms with Crippen molar-refractivity contribution >= 4 is 5.78 Å². The number of aliphatic hydroxyl groups excluding tert-OH is 2. The van der Waals surface area contributed by atoms with E-state index >= 15 is 0 Å². The third-order valence-corrected chi connectivity index (χ3v) is 5.31. The maximum Gasteiger partial charge on any atom is 0.197 e. The summed E-state index contributed by atoms with van der Waals surface area (Å²) in [6.45, 7) is 1.80. The van der Waals surface area contributed by atoms with E-state index in [-0.39, 0.29) is 13.0 Å². The molecular weight excluding hydrogens is 402 g/mol. The Labute approximate surface area is 179 Å². The van der Waals surface area contributed by atoms with Crippen LogP contribution in [0.25, 0.3) is 10.4 Å². The molecule has 2 aromatic carbocycles. The Hall–Kier alpha value is -2.78. The number of nitrogens with zero attached hydrogens (tertiary/aromatic N) is 3. The van der Waals surface area contributed by atoms with Gasteiger partial charge in [0.25, 0.3) is 0 Å². The van der Waals surface area contributed by atoms with Gasteiger partial charge < -0.3 is 24.8 Å². The third-order valence-electron chi connectivity index (χ3n) is 5.31. The van der Waals surface area contributed by atoms with E-state index < -0.39 is 42.0 Å². The highest BCUT2D eigenvalue weighted by Gasteiger charge is 2.57. The van der Waals surface area contributed by atoms with E-state index in [1.54, 1.807) is 61.5 Å². The molecule has 164 valence electrons. The lowest BCUT2D eigenvalue weighted by atomic mass is 9.78. The second kappa shape index (κ2) is 10.0. The van der Waals surface area contributed by atoms with Crippen LogP contribution in [0.15, 0.2) is 65.8 Å². The Bertz CT molecular complexity index is 921. The molecule has 1 fully saturated rings. The number of Topliss-reactive ketones (excluding diaryl/α,β-unsaturated/α-hetero) is 1. The van der Waals surface area contributed by atoms with E-state index in [9.17, 15) is 20.1 Å². The lowest BCUT2D eigenvalue weighted by Crippen LogP contribution is -2.68. The van der Waals surface area contributed by atoms with Crippen LogP contribution in [0.5, 0.6) is 0 Å². The van der Waals surface area contributed by atoms with Crippen LogP contribution in [0.3, 0.4) is 0 Å². The summed E-state index contributed by atoms with van der Waals surface area (Å²) in [6.07, 6.45) is -6.28. The Morgan fingerprint density at radius 3 is 2.42 bits per heavy atom. The van der Waals surface area contributed by atoms with Crippen molar-refractivity contribution in [3.63, 3.8) is 0 Å². The van der Waals surface area contributed by atoms with Gasteiger partial charge in [0, 0.05) is 17.9 Å². The van der Waals surface area contributed by atoms with Crippen molar-refractivity contribution in [2.24, 2.45) is 5.11 Å². The molecule has 6 atom stereocenters. The predicted octanol–water partition coefficient (Wildman–Crippen LogP) is 2.06. The molecule has 1 saturated heterocycles. The van der Waals surface area contributed by atoms with Crippen molar-refractivity contribution in [1.29, 1.82) is 0 Å². The number of rotatable bonds is 8. The monoisotopic (exact) mass is 427 g/mol. The van der Waals surface area contributed by atoms with E-state index in [4.69, 9.17) is 15.0 Å². The number of ether oxygens (including phenoxy) is 2. The Kier molecular flexibility index (Phi) is 7.40. The zero-order valence-electron chi connectivity index (χ0n) is 17.0. The Balaban J connectivity index is 1.96. The minimum atomic E-state index is -1.95. The first-order valence-corrected chi connectivity index (χ1v) is 9.94. The lowest BCUT2D eigenvalue weighted by Gasteiger charge is -2.48. The molecule has 0 saturated carbocycles. The molecule has 31 heavy (non-hydrogen) atoms. The first-order valence-electron chi connectivity index (χ1n) is 9.94. The molecule has 9 heteroatoms. The fourth-order valence-electron chi connectivity index (χ4n) is 3.79. The first-order chi connectivity index (χ1) is 14.9. The molecule has 0 aliphatic carbocycles. The van der Waals surface area contributed by atoms with Gasteiger partial charge in [0.05, 0.1) is 6.10 Å². The van der Waals surface area contributed by atoms with Gasteiger partial charge in [-0.2, -0.15) is 0 Å². The van der Waals surface area contributed by atoms with Crippen LogP contribution in [0, 0.1) is 0 Å². The summed E-state index contributed by atoms with van der Waals surface area (Å²) < 4.78 is 11.3.